The highest BCUT2D eigenvalue weighted by Crippen LogP contribution is 2.17. The second-order valence-electron chi connectivity index (χ2n) is 3.58. The Labute approximate surface area is 98.2 Å². The van der Waals surface area contributed by atoms with Gasteiger partial charge in [0.15, 0.2) is 0 Å². The summed E-state index contributed by atoms with van der Waals surface area (Å²) in [7, 11) is 0. The third kappa shape index (κ3) is 2.57. The Morgan fingerprint density at radius 3 is 2.65 bits per heavy atom. The van der Waals surface area contributed by atoms with E-state index < -0.39 is 0 Å². The molecule has 0 unspecified atom stereocenters. The number of phenolic OH excluding ortho intramolecular Hbond substituents is 1. The first-order valence-corrected chi connectivity index (χ1v) is 5.03. The van der Waals surface area contributed by atoms with Gasteiger partial charge in [0.1, 0.15) is 12.1 Å². The zero-order valence-electron chi connectivity index (χ0n) is 9.21. The molecule has 0 saturated heterocycles. The lowest BCUT2D eigenvalue weighted by atomic mass is 10.1. The van der Waals surface area contributed by atoms with Crippen LogP contribution in [0.15, 0.2) is 36.9 Å². The van der Waals surface area contributed by atoms with Crippen LogP contribution in [0, 0.1) is 6.92 Å². The largest absolute Gasteiger partial charge is 0.508 e. The van der Waals surface area contributed by atoms with Gasteiger partial charge < -0.3 is 10.4 Å². The SMILES string of the molecule is Cc1cc(C(=O)Nc2cncnc2)ccc1O. The standard InChI is InChI=1S/C12H11N3O2/c1-8-4-9(2-3-11(8)16)12(17)15-10-5-13-7-14-6-10/h2-7,16H,1H3,(H,15,17). The maximum Gasteiger partial charge on any atom is 0.255 e. The Kier molecular flexibility index (Phi) is 3.00. The summed E-state index contributed by atoms with van der Waals surface area (Å²) in [5.74, 6) is -0.0903. The third-order valence-electron chi connectivity index (χ3n) is 2.28. The number of carbonyl (C=O) groups excluding carboxylic acids is 1. The Morgan fingerprint density at radius 1 is 1.29 bits per heavy atom. The summed E-state index contributed by atoms with van der Waals surface area (Å²) in [6.07, 6.45) is 4.41. The fourth-order valence-electron chi connectivity index (χ4n) is 1.36. The van der Waals surface area contributed by atoms with Gasteiger partial charge in [0.2, 0.25) is 0 Å². The number of nitrogens with zero attached hydrogens (tertiary/aromatic N) is 2. The number of amides is 1. The van der Waals surface area contributed by atoms with Crippen LogP contribution in [-0.2, 0) is 0 Å². The molecule has 0 radical (unpaired) electrons. The lowest BCUT2D eigenvalue weighted by Crippen LogP contribution is -2.12. The molecule has 0 aliphatic heterocycles. The van der Waals surface area contributed by atoms with Crippen molar-refractivity contribution >= 4 is 11.6 Å². The molecule has 0 saturated carbocycles. The molecule has 0 atom stereocenters. The number of benzene rings is 1. The molecular formula is C12H11N3O2. The van der Waals surface area contributed by atoms with Crippen LogP contribution < -0.4 is 5.32 Å². The molecule has 86 valence electrons. The van der Waals surface area contributed by atoms with E-state index in [4.69, 9.17) is 0 Å². The number of aryl methyl sites for hydroxylation is 1. The van der Waals surface area contributed by atoms with E-state index in [1.807, 2.05) is 0 Å². The minimum absolute atomic E-state index is 0.171. The van der Waals surface area contributed by atoms with Gasteiger partial charge in [-0.25, -0.2) is 9.97 Å². The number of hydrogen-bond donors (Lipinski definition) is 2. The molecule has 0 aliphatic rings. The first-order chi connectivity index (χ1) is 8.16. The van der Waals surface area contributed by atoms with Gasteiger partial charge in [-0.05, 0) is 30.7 Å². The molecule has 0 fully saturated rings. The fourth-order valence-corrected chi connectivity index (χ4v) is 1.36. The first-order valence-electron chi connectivity index (χ1n) is 5.03. The van der Waals surface area contributed by atoms with Crippen molar-refractivity contribution < 1.29 is 9.90 Å². The van der Waals surface area contributed by atoms with Crippen LogP contribution in [0.25, 0.3) is 0 Å². The second kappa shape index (κ2) is 4.61. The van der Waals surface area contributed by atoms with Crippen LogP contribution in [0.4, 0.5) is 5.69 Å². The maximum atomic E-state index is 11.8. The Balaban J connectivity index is 2.18. The quantitative estimate of drug-likeness (QED) is 0.822. The van der Waals surface area contributed by atoms with E-state index in [-0.39, 0.29) is 11.7 Å². The summed E-state index contributed by atoms with van der Waals surface area (Å²) in [4.78, 5) is 19.4. The van der Waals surface area contributed by atoms with Crippen molar-refractivity contribution in [2.75, 3.05) is 5.32 Å². The zero-order valence-corrected chi connectivity index (χ0v) is 9.21. The second-order valence-corrected chi connectivity index (χ2v) is 3.58. The molecule has 2 aromatic rings. The van der Waals surface area contributed by atoms with Gasteiger partial charge >= 0.3 is 0 Å². The highest BCUT2D eigenvalue weighted by Gasteiger charge is 2.07. The average molecular weight is 229 g/mol. The van der Waals surface area contributed by atoms with E-state index in [1.54, 1.807) is 19.1 Å². The zero-order chi connectivity index (χ0) is 12.3. The number of aromatic nitrogens is 2. The van der Waals surface area contributed by atoms with Crippen molar-refractivity contribution in [3.63, 3.8) is 0 Å². The van der Waals surface area contributed by atoms with Crippen LogP contribution in [0.2, 0.25) is 0 Å². The van der Waals surface area contributed by atoms with Crippen molar-refractivity contribution in [2.24, 2.45) is 0 Å². The van der Waals surface area contributed by atoms with Gasteiger partial charge in [-0.3, -0.25) is 4.79 Å². The minimum atomic E-state index is -0.261. The summed E-state index contributed by atoms with van der Waals surface area (Å²) in [6.45, 7) is 1.73. The van der Waals surface area contributed by atoms with Crippen LogP contribution in [-0.4, -0.2) is 21.0 Å². The van der Waals surface area contributed by atoms with Crippen LogP contribution in [0.5, 0.6) is 5.75 Å². The summed E-state index contributed by atoms with van der Waals surface area (Å²) in [5, 5.41) is 12.0. The molecule has 1 heterocycles. The van der Waals surface area contributed by atoms with Crippen LogP contribution in [0.1, 0.15) is 15.9 Å². The lowest BCUT2D eigenvalue weighted by Gasteiger charge is -2.05. The number of rotatable bonds is 2. The van der Waals surface area contributed by atoms with Crippen molar-refractivity contribution in [1.82, 2.24) is 9.97 Å². The predicted molar refractivity (Wildman–Crippen MR) is 62.8 cm³/mol. The van der Waals surface area contributed by atoms with Crippen molar-refractivity contribution in [3.05, 3.63) is 48.0 Å². The fraction of sp³-hybridized carbons (Fsp3) is 0.0833. The average Bonchev–Trinajstić information content (AvgIpc) is 2.34. The number of hydrogen-bond acceptors (Lipinski definition) is 4. The number of phenols is 1. The molecule has 2 rings (SSSR count). The van der Waals surface area contributed by atoms with E-state index >= 15 is 0 Å². The first kappa shape index (κ1) is 11.1. The predicted octanol–water partition coefficient (Wildman–Crippen LogP) is 1.74. The summed E-state index contributed by atoms with van der Waals surface area (Å²) < 4.78 is 0. The molecular weight excluding hydrogens is 218 g/mol. The number of carbonyl (C=O) groups is 1. The Bertz CT molecular complexity index is 541. The van der Waals surface area contributed by atoms with Gasteiger partial charge in [-0.15, -0.1) is 0 Å². The summed E-state index contributed by atoms with van der Waals surface area (Å²) in [5.41, 5.74) is 1.66. The minimum Gasteiger partial charge on any atom is -0.508 e. The molecule has 0 bridgehead atoms. The highest BCUT2D eigenvalue weighted by atomic mass is 16.3. The number of anilines is 1. The lowest BCUT2D eigenvalue weighted by molar-refractivity contribution is 0.102. The molecule has 17 heavy (non-hydrogen) atoms. The molecule has 5 nitrogen and oxygen atoms in total. The highest BCUT2D eigenvalue weighted by molar-refractivity contribution is 6.04. The maximum absolute atomic E-state index is 11.8. The monoisotopic (exact) mass is 229 g/mol. The smallest absolute Gasteiger partial charge is 0.255 e. The molecule has 5 heteroatoms. The Hall–Kier alpha value is -2.43. The normalized spacial score (nSPS) is 9.94. The molecule has 2 N–H and O–H groups in total. The molecule has 0 spiro atoms. The number of aromatic hydroxyl groups is 1. The summed E-state index contributed by atoms with van der Waals surface area (Å²) in [6, 6.07) is 4.67. The van der Waals surface area contributed by atoms with E-state index in [2.05, 4.69) is 15.3 Å². The van der Waals surface area contributed by atoms with Crippen LogP contribution in [0.3, 0.4) is 0 Å². The third-order valence-corrected chi connectivity index (χ3v) is 2.28. The van der Waals surface area contributed by atoms with Gasteiger partial charge in [-0.1, -0.05) is 0 Å². The van der Waals surface area contributed by atoms with Gasteiger partial charge in [0, 0.05) is 5.56 Å². The van der Waals surface area contributed by atoms with E-state index in [0.29, 0.717) is 16.8 Å². The Morgan fingerprint density at radius 2 is 2.00 bits per heavy atom. The molecule has 0 aliphatic carbocycles. The van der Waals surface area contributed by atoms with Crippen LogP contribution >= 0.6 is 0 Å². The van der Waals surface area contributed by atoms with E-state index in [1.165, 1.54) is 24.8 Å². The van der Waals surface area contributed by atoms with Gasteiger partial charge in [0.25, 0.3) is 5.91 Å². The summed E-state index contributed by atoms with van der Waals surface area (Å²) >= 11 is 0. The molecule has 1 aromatic heterocycles. The van der Waals surface area contributed by atoms with Gasteiger partial charge in [0.05, 0.1) is 18.1 Å². The topological polar surface area (TPSA) is 75.1 Å². The van der Waals surface area contributed by atoms with Crippen molar-refractivity contribution in [2.45, 2.75) is 6.92 Å². The van der Waals surface area contributed by atoms with E-state index in [0.717, 1.165) is 0 Å². The molecule has 1 amide bonds. The molecule has 1 aromatic carbocycles. The van der Waals surface area contributed by atoms with Crippen molar-refractivity contribution in [3.8, 4) is 5.75 Å². The van der Waals surface area contributed by atoms with E-state index in [9.17, 15) is 9.90 Å². The van der Waals surface area contributed by atoms with Gasteiger partial charge in [-0.2, -0.15) is 0 Å². The number of nitrogens with one attached hydrogen (secondary N) is 1. The van der Waals surface area contributed by atoms with Crippen molar-refractivity contribution in [1.29, 1.82) is 0 Å².